The smallest absolute Gasteiger partial charge is 0.335 e. The minimum absolute atomic E-state index is 0.227. The first-order valence-corrected chi connectivity index (χ1v) is 8.80. The van der Waals surface area contributed by atoms with Gasteiger partial charge in [-0.15, -0.1) is 0 Å². The number of nitrogens with zero attached hydrogens (tertiary/aromatic N) is 3. The van der Waals surface area contributed by atoms with Crippen molar-refractivity contribution in [3.05, 3.63) is 77.5 Å². The zero-order valence-electron chi connectivity index (χ0n) is 15.4. The highest BCUT2D eigenvalue weighted by Gasteiger charge is 2.11. The molecule has 0 radical (unpaired) electrons. The summed E-state index contributed by atoms with van der Waals surface area (Å²) in [5.74, 6) is 0.308. The molecule has 27 heavy (non-hydrogen) atoms. The Kier molecular flexibility index (Phi) is 5.66. The predicted octanol–water partition coefficient (Wildman–Crippen LogP) is 4.25. The molecule has 0 unspecified atom stereocenters. The Morgan fingerprint density at radius 1 is 1.07 bits per heavy atom. The van der Waals surface area contributed by atoms with Gasteiger partial charge in [-0.05, 0) is 37.6 Å². The maximum atomic E-state index is 11.2. The Bertz CT molecular complexity index is 928. The lowest BCUT2D eigenvalue weighted by molar-refractivity contribution is 0.0697. The van der Waals surface area contributed by atoms with Crippen LogP contribution in [0, 0.1) is 6.92 Å². The van der Waals surface area contributed by atoms with Crippen molar-refractivity contribution in [2.24, 2.45) is 0 Å². The summed E-state index contributed by atoms with van der Waals surface area (Å²) in [5.41, 5.74) is 2.92. The second-order valence-corrected chi connectivity index (χ2v) is 6.21. The van der Waals surface area contributed by atoms with Crippen LogP contribution in [0.1, 0.15) is 28.5 Å². The van der Waals surface area contributed by atoms with Crippen LogP contribution in [0.3, 0.4) is 0 Å². The van der Waals surface area contributed by atoms with Crippen LogP contribution in [0.25, 0.3) is 0 Å². The SMILES string of the molecule is CCN(Cc1ccccc1)c1nc(C)cc(Nc2cccc(C(=O)O)c2)n1. The van der Waals surface area contributed by atoms with Gasteiger partial charge in [-0.25, -0.2) is 9.78 Å². The van der Waals surface area contributed by atoms with E-state index < -0.39 is 5.97 Å². The van der Waals surface area contributed by atoms with Gasteiger partial charge in [0, 0.05) is 30.5 Å². The van der Waals surface area contributed by atoms with E-state index in [4.69, 9.17) is 5.11 Å². The maximum absolute atomic E-state index is 11.2. The Balaban J connectivity index is 1.85. The molecule has 0 bridgehead atoms. The topological polar surface area (TPSA) is 78.4 Å². The molecule has 0 saturated heterocycles. The number of carbonyl (C=O) groups is 1. The normalized spacial score (nSPS) is 10.4. The molecule has 2 aromatic carbocycles. The molecule has 6 heteroatoms. The molecule has 138 valence electrons. The summed E-state index contributed by atoms with van der Waals surface area (Å²) in [6.45, 7) is 5.47. The predicted molar refractivity (Wildman–Crippen MR) is 107 cm³/mol. The van der Waals surface area contributed by atoms with Gasteiger partial charge in [-0.3, -0.25) is 0 Å². The van der Waals surface area contributed by atoms with Gasteiger partial charge in [0.2, 0.25) is 5.95 Å². The molecular formula is C21H22N4O2. The first kappa shape index (κ1) is 18.4. The van der Waals surface area contributed by atoms with Crippen molar-refractivity contribution < 1.29 is 9.90 Å². The van der Waals surface area contributed by atoms with Gasteiger partial charge < -0.3 is 15.3 Å². The van der Waals surface area contributed by atoms with Gasteiger partial charge in [0.25, 0.3) is 0 Å². The minimum Gasteiger partial charge on any atom is -0.478 e. The van der Waals surface area contributed by atoms with E-state index in [9.17, 15) is 4.79 Å². The quantitative estimate of drug-likeness (QED) is 0.654. The molecule has 0 saturated carbocycles. The van der Waals surface area contributed by atoms with E-state index in [1.165, 1.54) is 5.56 Å². The van der Waals surface area contributed by atoms with Crippen LogP contribution in [0.5, 0.6) is 0 Å². The van der Waals surface area contributed by atoms with E-state index in [1.807, 2.05) is 37.3 Å². The number of hydrogen-bond acceptors (Lipinski definition) is 5. The van der Waals surface area contributed by atoms with Gasteiger partial charge in [-0.1, -0.05) is 36.4 Å². The van der Waals surface area contributed by atoms with E-state index in [2.05, 4.69) is 39.2 Å². The van der Waals surface area contributed by atoms with Gasteiger partial charge >= 0.3 is 5.97 Å². The standard InChI is InChI=1S/C21H22N4O2/c1-3-25(14-16-8-5-4-6-9-16)21-22-15(2)12-19(24-21)23-18-11-7-10-17(13-18)20(26)27/h4-13H,3,14H2,1-2H3,(H,26,27)(H,22,23,24). The number of benzene rings is 2. The fraction of sp³-hybridized carbons (Fsp3) is 0.190. The Morgan fingerprint density at radius 2 is 1.85 bits per heavy atom. The largest absolute Gasteiger partial charge is 0.478 e. The third-order valence-corrected chi connectivity index (χ3v) is 4.11. The lowest BCUT2D eigenvalue weighted by Gasteiger charge is -2.22. The van der Waals surface area contributed by atoms with Crippen LogP contribution in [0.2, 0.25) is 0 Å². The lowest BCUT2D eigenvalue weighted by atomic mass is 10.2. The molecule has 3 aromatic rings. The zero-order chi connectivity index (χ0) is 19.2. The Hall–Kier alpha value is -3.41. The number of aromatic carboxylic acids is 1. The summed E-state index contributed by atoms with van der Waals surface area (Å²) >= 11 is 0. The van der Waals surface area contributed by atoms with Gasteiger partial charge in [0.05, 0.1) is 5.56 Å². The minimum atomic E-state index is -0.960. The highest BCUT2D eigenvalue weighted by Crippen LogP contribution is 2.20. The molecule has 1 aromatic heterocycles. The van der Waals surface area contributed by atoms with Crippen LogP contribution in [0.15, 0.2) is 60.7 Å². The van der Waals surface area contributed by atoms with Crippen molar-refractivity contribution in [3.63, 3.8) is 0 Å². The van der Waals surface area contributed by atoms with Crippen molar-refractivity contribution >= 4 is 23.4 Å². The van der Waals surface area contributed by atoms with E-state index in [-0.39, 0.29) is 5.56 Å². The fourth-order valence-electron chi connectivity index (χ4n) is 2.76. The number of hydrogen-bond donors (Lipinski definition) is 2. The molecule has 2 N–H and O–H groups in total. The molecule has 0 amide bonds. The van der Waals surface area contributed by atoms with Crippen LogP contribution in [-0.2, 0) is 6.54 Å². The molecule has 0 aliphatic heterocycles. The summed E-state index contributed by atoms with van der Waals surface area (Å²) < 4.78 is 0. The van der Waals surface area contributed by atoms with Crippen molar-refractivity contribution in [2.75, 3.05) is 16.8 Å². The van der Waals surface area contributed by atoms with E-state index in [1.54, 1.807) is 18.2 Å². The zero-order valence-corrected chi connectivity index (χ0v) is 15.4. The van der Waals surface area contributed by atoms with Gasteiger partial charge in [-0.2, -0.15) is 4.98 Å². The number of anilines is 3. The number of nitrogens with one attached hydrogen (secondary N) is 1. The number of aryl methyl sites for hydroxylation is 1. The van der Waals surface area contributed by atoms with Crippen LogP contribution < -0.4 is 10.2 Å². The average Bonchev–Trinajstić information content (AvgIpc) is 2.66. The number of carboxylic acids is 1. The van der Waals surface area contributed by atoms with Crippen molar-refractivity contribution in [1.82, 2.24) is 9.97 Å². The van der Waals surface area contributed by atoms with E-state index >= 15 is 0 Å². The molecule has 0 aliphatic carbocycles. The summed E-state index contributed by atoms with van der Waals surface area (Å²) in [5, 5.41) is 12.3. The van der Waals surface area contributed by atoms with Crippen LogP contribution >= 0.6 is 0 Å². The van der Waals surface area contributed by atoms with Crippen molar-refractivity contribution in [1.29, 1.82) is 0 Å². The molecule has 3 rings (SSSR count). The van der Waals surface area contributed by atoms with Crippen LogP contribution in [-0.4, -0.2) is 27.6 Å². The molecule has 1 heterocycles. The lowest BCUT2D eigenvalue weighted by Crippen LogP contribution is -2.24. The Labute approximate surface area is 158 Å². The average molecular weight is 362 g/mol. The first-order valence-electron chi connectivity index (χ1n) is 8.80. The maximum Gasteiger partial charge on any atom is 0.335 e. The van der Waals surface area contributed by atoms with Crippen molar-refractivity contribution in [3.8, 4) is 0 Å². The number of rotatable bonds is 7. The third-order valence-electron chi connectivity index (χ3n) is 4.11. The molecule has 0 aliphatic rings. The number of carboxylic acid groups (broad SMARTS) is 1. The van der Waals surface area contributed by atoms with Gasteiger partial charge in [0.15, 0.2) is 0 Å². The summed E-state index contributed by atoms with van der Waals surface area (Å²) in [4.78, 5) is 22.5. The highest BCUT2D eigenvalue weighted by molar-refractivity contribution is 5.89. The van der Waals surface area contributed by atoms with Crippen molar-refractivity contribution in [2.45, 2.75) is 20.4 Å². The second-order valence-electron chi connectivity index (χ2n) is 6.21. The van der Waals surface area contributed by atoms with Gasteiger partial charge in [0.1, 0.15) is 5.82 Å². The van der Waals surface area contributed by atoms with E-state index in [0.717, 1.165) is 12.2 Å². The number of aromatic nitrogens is 2. The third kappa shape index (κ3) is 4.82. The summed E-state index contributed by atoms with van der Waals surface area (Å²) in [6.07, 6.45) is 0. The molecule has 0 fully saturated rings. The van der Waals surface area contributed by atoms with E-state index in [0.29, 0.717) is 24.0 Å². The molecule has 0 spiro atoms. The second kappa shape index (κ2) is 8.31. The highest BCUT2D eigenvalue weighted by atomic mass is 16.4. The first-order chi connectivity index (χ1) is 13.0. The molecular weight excluding hydrogens is 340 g/mol. The van der Waals surface area contributed by atoms with Crippen LogP contribution in [0.4, 0.5) is 17.5 Å². The molecule has 6 nitrogen and oxygen atoms in total. The summed E-state index contributed by atoms with van der Waals surface area (Å²) in [6, 6.07) is 18.7. The fourth-order valence-corrected chi connectivity index (χ4v) is 2.76. The molecule has 0 atom stereocenters. The monoisotopic (exact) mass is 362 g/mol. The Morgan fingerprint density at radius 3 is 2.56 bits per heavy atom. The summed E-state index contributed by atoms with van der Waals surface area (Å²) in [7, 11) is 0.